The summed E-state index contributed by atoms with van der Waals surface area (Å²) in [5.74, 6) is 3.55. The van der Waals surface area contributed by atoms with Crippen LogP contribution in [-0.2, 0) is 114 Å². The molecule has 134 heavy (non-hydrogen) atoms. The zero-order valence-electron chi connectivity index (χ0n) is 90.7. The summed E-state index contributed by atoms with van der Waals surface area (Å²) in [6.45, 7) is 70.1. The molecule has 0 spiro atoms. The molecule has 15 aliphatic rings. The van der Waals surface area contributed by atoms with Crippen LogP contribution in [0.5, 0.6) is 0 Å². The number of ether oxygens (including phenoxy) is 12. The topological polar surface area (TPSA) is 316 Å². The summed E-state index contributed by atoms with van der Waals surface area (Å²) in [5, 5.41) is 0. The van der Waals surface area contributed by atoms with E-state index in [9.17, 15) is 57.5 Å². The first-order valence-corrected chi connectivity index (χ1v) is 51.8. The van der Waals surface area contributed by atoms with Crippen LogP contribution in [0.25, 0.3) is 0 Å². The molecule has 15 rings (SSSR count). The van der Waals surface area contributed by atoms with Gasteiger partial charge in [0.1, 0.15) is 71.7 Å². The average Bonchev–Trinajstić information content (AvgIpc) is 0.875. The Labute approximate surface area is 809 Å². The smallest absolute Gasteiger partial charge is 0.312 e. The van der Waals surface area contributed by atoms with Crippen LogP contribution in [0.3, 0.4) is 0 Å². The molecule has 0 aromatic carbocycles. The quantitative estimate of drug-likeness (QED) is 0.0605. The molecular formula is C110H188O24. The third-order valence-electron chi connectivity index (χ3n) is 33.6. The highest BCUT2D eigenvalue weighted by atomic mass is 16.6. The van der Waals surface area contributed by atoms with Crippen LogP contribution < -0.4 is 0 Å². The van der Waals surface area contributed by atoms with E-state index in [1.807, 2.05) is 187 Å². The number of carbonyl (C=O) groups excluding carboxylic acids is 12. The highest BCUT2D eigenvalue weighted by molar-refractivity contribution is 5.82. The molecule has 0 N–H and O–H groups in total. The maximum Gasteiger partial charge on any atom is 0.312 e. The highest BCUT2D eigenvalue weighted by Crippen LogP contribution is 2.66. The third kappa shape index (κ3) is 32.3. The second-order valence-electron chi connectivity index (χ2n) is 50.2. The summed E-state index contributed by atoms with van der Waals surface area (Å²) in [5.41, 5.74) is -4.26. The number of carbonyl (C=O) groups is 12. The molecule has 5 atom stereocenters. The van der Waals surface area contributed by atoms with Crippen LogP contribution in [-0.4, -0.2) is 143 Å². The van der Waals surface area contributed by atoms with Gasteiger partial charge in [-0.15, -0.1) is 0 Å². The van der Waals surface area contributed by atoms with Crippen molar-refractivity contribution in [3.05, 3.63) is 0 Å². The largest absolute Gasteiger partial charge is 0.462 e. The van der Waals surface area contributed by atoms with Crippen LogP contribution in [0, 0.1) is 95.1 Å². The maximum atomic E-state index is 12.6. The summed E-state index contributed by atoms with van der Waals surface area (Å²) in [7, 11) is 0. The lowest BCUT2D eigenvalue weighted by molar-refractivity contribution is -0.206. The third-order valence-corrected chi connectivity index (χ3v) is 33.6. The minimum atomic E-state index is -0.481. The molecule has 0 aromatic rings. The first-order valence-electron chi connectivity index (χ1n) is 51.8. The number of esters is 12. The van der Waals surface area contributed by atoms with Gasteiger partial charge >= 0.3 is 71.6 Å². The Morgan fingerprint density at radius 1 is 0.306 bits per heavy atom. The molecule has 0 radical (unpaired) electrons. The van der Waals surface area contributed by atoms with E-state index < -0.39 is 16.2 Å². The van der Waals surface area contributed by atoms with E-state index >= 15 is 0 Å². The van der Waals surface area contributed by atoms with Gasteiger partial charge in [0.15, 0.2) is 0 Å². The van der Waals surface area contributed by atoms with Crippen molar-refractivity contribution in [3.8, 4) is 0 Å². The van der Waals surface area contributed by atoms with E-state index in [0.29, 0.717) is 19.3 Å². The van der Waals surface area contributed by atoms with Gasteiger partial charge in [0.05, 0.1) is 68.0 Å². The number of hydrogen-bond donors (Lipinski definition) is 0. The molecule has 5 saturated heterocycles. The van der Waals surface area contributed by atoms with Gasteiger partial charge in [-0.2, -0.15) is 0 Å². The summed E-state index contributed by atoms with van der Waals surface area (Å²) in [6, 6.07) is 0. The molecule has 10 saturated carbocycles. The maximum absolute atomic E-state index is 12.6. The molecular weight excluding hydrogens is 1710 g/mol. The van der Waals surface area contributed by atoms with E-state index in [0.717, 1.165) is 113 Å². The van der Waals surface area contributed by atoms with Crippen molar-refractivity contribution in [1.82, 2.24) is 0 Å². The van der Waals surface area contributed by atoms with Gasteiger partial charge in [-0.05, 0) is 402 Å². The summed E-state index contributed by atoms with van der Waals surface area (Å²) in [6.07, 6.45) is 33.5. The van der Waals surface area contributed by atoms with Gasteiger partial charge in [0, 0.05) is 23.7 Å². The standard InChI is InChI=1S/2C19H32O2.2C12H22O2.3C10H16O4.2C9H16O2/c2*1-6-17(2,3)16(20)21-18(4,5)19-10-13-7-14(11-19)9-15(8-13)12-19;2*1-5-11(2,3)10(13)14-12(4)8-6-7-9-12;3*1-4-10(2,3)9(12)14-7-5-8(11)13-6-7;2*1-5-9(4)6-8(2,3)11-7(9)10/h2*13-15H,6-12H2,1-5H3;2*5-9H2,1-4H3;3*7H,4-6H2,1-3H3;2*5-6H2,1-4H3. The Bertz CT molecular complexity index is 3590. The van der Waals surface area contributed by atoms with Gasteiger partial charge in [-0.1, -0.05) is 62.3 Å². The Kier molecular flexibility index (Phi) is 40.9. The molecule has 10 aliphatic carbocycles. The van der Waals surface area contributed by atoms with Gasteiger partial charge in [0.2, 0.25) is 0 Å². The first kappa shape index (κ1) is 118. The minimum absolute atomic E-state index is 0.00857. The lowest BCUT2D eigenvalue weighted by Gasteiger charge is -2.61. The van der Waals surface area contributed by atoms with Crippen LogP contribution in [0.2, 0.25) is 0 Å². The Hall–Kier alpha value is -6.36. The zero-order valence-corrected chi connectivity index (χ0v) is 90.7. The number of rotatable bonds is 25. The molecule has 24 heteroatoms. The van der Waals surface area contributed by atoms with Crippen molar-refractivity contribution in [2.75, 3.05) is 19.8 Å². The SMILES string of the molecule is CCC(C)(C)C(=O)OC(C)(C)C12CC3CC(CC(C3)C1)C2.CCC(C)(C)C(=O)OC(C)(C)C12CC3CC(CC(C3)C1)C2.CCC(C)(C)C(=O)OC1(C)CCCC1.CCC(C)(C)C(=O)OC1(C)CCCC1.CCC(C)(C)C(=O)OC1COC(=O)C1.CCC(C)(C)C(=O)OC1COC(=O)C1.CCC(C)(C)C(=O)OC1COC(=O)C1.CCC1(C)CC(C)(C)OC1=O.CCC1(C)CC(C)(C)OC1=O. The van der Waals surface area contributed by atoms with Crippen LogP contribution in [0.4, 0.5) is 0 Å². The fourth-order valence-corrected chi connectivity index (χ4v) is 20.8. The van der Waals surface area contributed by atoms with E-state index in [1.54, 1.807) is 0 Å². The van der Waals surface area contributed by atoms with Crippen LogP contribution in [0.15, 0.2) is 0 Å². The van der Waals surface area contributed by atoms with Crippen molar-refractivity contribution < 1.29 is 114 Å². The molecule has 772 valence electrons. The van der Waals surface area contributed by atoms with E-state index in [4.69, 9.17) is 56.8 Å². The first-order chi connectivity index (χ1) is 61.3. The summed E-state index contributed by atoms with van der Waals surface area (Å²) >= 11 is 0. The van der Waals surface area contributed by atoms with E-state index in [-0.39, 0.29) is 206 Å². The minimum Gasteiger partial charge on any atom is -0.462 e. The molecule has 5 unspecified atom stereocenters. The van der Waals surface area contributed by atoms with Crippen LogP contribution in [0.1, 0.15) is 461 Å². The summed E-state index contributed by atoms with van der Waals surface area (Å²) < 4.78 is 63.5. The van der Waals surface area contributed by atoms with Gasteiger partial charge in [-0.25, -0.2) is 0 Å². The van der Waals surface area contributed by atoms with Gasteiger partial charge in [-0.3, -0.25) is 57.5 Å². The van der Waals surface area contributed by atoms with Crippen molar-refractivity contribution in [2.45, 2.75) is 513 Å². The van der Waals surface area contributed by atoms with Crippen molar-refractivity contribution in [3.63, 3.8) is 0 Å². The van der Waals surface area contributed by atoms with Crippen molar-refractivity contribution >= 4 is 71.6 Å². The lowest BCUT2D eigenvalue weighted by atomic mass is 9.46. The van der Waals surface area contributed by atoms with Gasteiger partial charge < -0.3 is 56.8 Å². The highest BCUT2D eigenvalue weighted by Gasteiger charge is 2.62. The molecule has 0 aromatic heterocycles. The molecule has 8 bridgehead atoms. The Morgan fingerprint density at radius 3 is 0.672 bits per heavy atom. The van der Waals surface area contributed by atoms with Gasteiger partial charge in [0.25, 0.3) is 0 Å². The normalized spacial score (nSPS) is 29.2. The monoisotopic (exact) mass is 1890 g/mol. The average molecular weight is 1890 g/mol. The molecule has 5 heterocycles. The molecule has 15 fully saturated rings. The summed E-state index contributed by atoms with van der Waals surface area (Å²) in [4.78, 5) is 138. The van der Waals surface area contributed by atoms with Crippen molar-refractivity contribution in [1.29, 1.82) is 0 Å². The van der Waals surface area contributed by atoms with Crippen molar-refractivity contribution in [2.24, 2.45) is 95.1 Å². The number of hydrogen-bond acceptors (Lipinski definition) is 24. The lowest BCUT2D eigenvalue weighted by Crippen LogP contribution is -2.58. The number of cyclic esters (lactones) is 5. The molecule has 5 aliphatic heterocycles. The predicted octanol–water partition coefficient (Wildman–Crippen LogP) is 24.6. The van der Waals surface area contributed by atoms with E-state index in [2.05, 4.69) is 55.4 Å². The Balaban J connectivity index is 0.000000269. The molecule has 0 amide bonds. The predicted molar refractivity (Wildman–Crippen MR) is 519 cm³/mol. The second kappa shape index (κ2) is 46.4. The Morgan fingerprint density at radius 2 is 0.507 bits per heavy atom. The van der Waals surface area contributed by atoms with E-state index in [1.165, 1.54) is 103 Å². The zero-order chi connectivity index (χ0) is 102. The second-order valence-corrected chi connectivity index (χ2v) is 50.2. The van der Waals surface area contributed by atoms with Crippen LogP contribution >= 0.6 is 0 Å². The fraction of sp³-hybridized carbons (Fsp3) is 0.891. The molecule has 24 nitrogen and oxygen atoms in total. The fourth-order valence-electron chi connectivity index (χ4n) is 20.8.